The maximum Gasteiger partial charge on any atom is 0.410 e. The molecule has 0 bridgehead atoms. The van der Waals surface area contributed by atoms with Gasteiger partial charge in [0.05, 0.1) is 11.8 Å². The molecule has 31 heavy (non-hydrogen) atoms. The van der Waals surface area contributed by atoms with Crippen LogP contribution in [-0.4, -0.2) is 33.6 Å². The van der Waals surface area contributed by atoms with Gasteiger partial charge in [-0.25, -0.2) is 4.68 Å². The molecule has 0 radical (unpaired) electrons. The van der Waals surface area contributed by atoms with Crippen LogP contribution in [0.15, 0.2) is 35.0 Å². The number of carbonyl (C=O) groups excluding carboxylic acids is 1. The van der Waals surface area contributed by atoms with Gasteiger partial charge >= 0.3 is 6.18 Å². The third-order valence-corrected chi connectivity index (χ3v) is 5.43. The van der Waals surface area contributed by atoms with Crippen LogP contribution in [0.3, 0.4) is 0 Å². The normalized spacial score (nSPS) is 16.3. The molecule has 0 fully saturated rings. The number of aryl methyl sites for hydroxylation is 3. The van der Waals surface area contributed by atoms with Crippen molar-refractivity contribution in [1.82, 2.24) is 14.9 Å². The summed E-state index contributed by atoms with van der Waals surface area (Å²) in [4.78, 5) is 14.5. The molecular formula is C21H21F3N4O3. The Hall–Kier alpha value is -3.30. The number of ether oxygens (including phenoxy) is 1. The first-order valence-corrected chi connectivity index (χ1v) is 9.74. The molecule has 10 heteroatoms. The Morgan fingerprint density at radius 1 is 1.23 bits per heavy atom. The van der Waals surface area contributed by atoms with Gasteiger partial charge in [0.15, 0.2) is 11.7 Å². The lowest BCUT2D eigenvalue weighted by molar-refractivity contribution is -0.172. The highest BCUT2D eigenvalue weighted by Gasteiger charge is 2.46. The highest BCUT2D eigenvalue weighted by Crippen LogP contribution is 2.39. The zero-order valence-electron chi connectivity index (χ0n) is 17.2. The molecule has 2 aromatic heterocycles. The SMILES string of the molecule is Cc1cccc(C)c1OCc1c(C(=O)N2CCC(C(F)(F)F)n3nccc32)noc1C. The highest BCUT2D eigenvalue weighted by atomic mass is 19.4. The van der Waals surface area contributed by atoms with Crippen LogP contribution in [0.25, 0.3) is 0 Å². The predicted octanol–water partition coefficient (Wildman–Crippen LogP) is 4.53. The average Bonchev–Trinajstić information content (AvgIpc) is 3.32. The summed E-state index contributed by atoms with van der Waals surface area (Å²) in [6, 6.07) is 5.37. The van der Waals surface area contributed by atoms with Crippen LogP contribution in [0.2, 0.25) is 0 Å². The van der Waals surface area contributed by atoms with Gasteiger partial charge in [0.2, 0.25) is 0 Å². The molecule has 3 aromatic rings. The molecule has 0 saturated carbocycles. The van der Waals surface area contributed by atoms with E-state index in [4.69, 9.17) is 9.26 Å². The zero-order valence-corrected chi connectivity index (χ0v) is 17.2. The number of benzene rings is 1. The molecule has 3 heterocycles. The molecule has 0 saturated heterocycles. The van der Waals surface area contributed by atoms with Crippen molar-refractivity contribution >= 4 is 11.7 Å². The molecule has 1 atom stereocenters. The summed E-state index contributed by atoms with van der Waals surface area (Å²) in [6.45, 7) is 5.42. The summed E-state index contributed by atoms with van der Waals surface area (Å²) in [5, 5.41) is 7.66. The minimum Gasteiger partial charge on any atom is -0.488 e. The quantitative estimate of drug-likeness (QED) is 0.603. The third-order valence-electron chi connectivity index (χ3n) is 5.43. The Labute approximate surface area is 176 Å². The van der Waals surface area contributed by atoms with Crippen molar-refractivity contribution in [3.05, 3.63) is 58.6 Å². The van der Waals surface area contributed by atoms with Gasteiger partial charge in [-0.3, -0.25) is 9.69 Å². The predicted molar refractivity (Wildman–Crippen MR) is 105 cm³/mol. The van der Waals surface area contributed by atoms with E-state index in [0.717, 1.165) is 15.8 Å². The lowest BCUT2D eigenvalue weighted by Gasteiger charge is -2.33. The lowest BCUT2D eigenvalue weighted by Crippen LogP contribution is -2.43. The summed E-state index contributed by atoms with van der Waals surface area (Å²) in [5.74, 6) is 0.624. The summed E-state index contributed by atoms with van der Waals surface area (Å²) in [7, 11) is 0. The summed E-state index contributed by atoms with van der Waals surface area (Å²) in [6.07, 6.45) is -3.50. The van der Waals surface area contributed by atoms with Gasteiger partial charge in [0.1, 0.15) is 23.9 Å². The van der Waals surface area contributed by atoms with Gasteiger partial charge in [-0.05, 0) is 38.3 Å². The molecular weight excluding hydrogens is 413 g/mol. The Bertz CT molecular complexity index is 1100. The standard InChI is InChI=1S/C21H21F3N4O3/c1-12-5-4-6-13(2)19(12)30-11-15-14(3)31-26-18(15)20(29)27-10-8-16(21(22,23)24)28-17(27)7-9-25-28/h4-7,9,16H,8,10-11H2,1-3H3. The van der Waals surface area contributed by atoms with Crippen LogP contribution in [0.5, 0.6) is 5.75 Å². The minimum absolute atomic E-state index is 0.0157. The van der Waals surface area contributed by atoms with Gasteiger partial charge in [0.25, 0.3) is 5.91 Å². The number of fused-ring (bicyclic) bond motifs is 1. The first-order valence-electron chi connectivity index (χ1n) is 9.74. The van der Waals surface area contributed by atoms with Crippen LogP contribution in [-0.2, 0) is 6.61 Å². The number of nitrogens with zero attached hydrogens (tertiary/aromatic N) is 4. The molecule has 1 unspecified atom stereocenters. The molecule has 1 aromatic carbocycles. The van der Waals surface area contributed by atoms with E-state index in [1.807, 2.05) is 32.0 Å². The fraction of sp³-hybridized carbons (Fsp3) is 0.381. The van der Waals surface area contributed by atoms with E-state index in [-0.39, 0.29) is 31.1 Å². The van der Waals surface area contributed by atoms with Crippen LogP contribution in [0.1, 0.15) is 45.4 Å². The monoisotopic (exact) mass is 434 g/mol. The van der Waals surface area contributed by atoms with E-state index >= 15 is 0 Å². The zero-order chi connectivity index (χ0) is 22.3. The first-order chi connectivity index (χ1) is 14.7. The van der Waals surface area contributed by atoms with E-state index in [9.17, 15) is 18.0 Å². The number of rotatable bonds is 4. The molecule has 4 rings (SSSR count). The number of halogens is 3. The number of alkyl halides is 3. The number of carbonyl (C=O) groups is 1. The van der Waals surface area contributed by atoms with Crippen molar-refractivity contribution in [1.29, 1.82) is 0 Å². The summed E-state index contributed by atoms with van der Waals surface area (Å²) < 4.78 is 52.0. The number of amides is 1. The second-order valence-electron chi connectivity index (χ2n) is 7.51. The fourth-order valence-electron chi connectivity index (χ4n) is 3.79. The van der Waals surface area contributed by atoms with Crippen molar-refractivity contribution < 1.29 is 27.2 Å². The van der Waals surface area contributed by atoms with E-state index < -0.39 is 18.1 Å². The van der Waals surface area contributed by atoms with Crippen molar-refractivity contribution in [2.24, 2.45) is 0 Å². The molecule has 0 spiro atoms. The minimum atomic E-state index is -4.45. The Morgan fingerprint density at radius 2 is 1.94 bits per heavy atom. The number of para-hydroxylation sites is 1. The van der Waals surface area contributed by atoms with Crippen LogP contribution < -0.4 is 9.64 Å². The van der Waals surface area contributed by atoms with Gasteiger partial charge in [0, 0.05) is 12.6 Å². The summed E-state index contributed by atoms with van der Waals surface area (Å²) >= 11 is 0. The van der Waals surface area contributed by atoms with Gasteiger partial charge in [-0.15, -0.1) is 0 Å². The largest absolute Gasteiger partial charge is 0.488 e. The maximum atomic E-state index is 13.3. The van der Waals surface area contributed by atoms with Crippen LogP contribution in [0, 0.1) is 20.8 Å². The first kappa shape index (κ1) is 21.0. The van der Waals surface area contributed by atoms with E-state index in [2.05, 4.69) is 10.3 Å². The van der Waals surface area contributed by atoms with Gasteiger partial charge < -0.3 is 9.26 Å². The van der Waals surface area contributed by atoms with E-state index in [1.165, 1.54) is 17.2 Å². The second kappa shape index (κ2) is 7.75. The molecule has 164 valence electrons. The smallest absolute Gasteiger partial charge is 0.410 e. The maximum absolute atomic E-state index is 13.3. The van der Waals surface area contributed by atoms with E-state index in [1.54, 1.807) is 6.92 Å². The van der Waals surface area contributed by atoms with Gasteiger partial charge in [-0.2, -0.15) is 18.3 Å². The highest BCUT2D eigenvalue weighted by molar-refractivity contribution is 6.05. The summed E-state index contributed by atoms with van der Waals surface area (Å²) in [5.41, 5.74) is 2.36. The Kier molecular flexibility index (Phi) is 5.24. The number of hydrogen-bond acceptors (Lipinski definition) is 5. The molecule has 1 amide bonds. The number of aromatic nitrogens is 3. The van der Waals surface area contributed by atoms with Crippen LogP contribution in [0.4, 0.5) is 19.0 Å². The molecule has 1 aliphatic heterocycles. The second-order valence-corrected chi connectivity index (χ2v) is 7.51. The molecule has 0 N–H and O–H groups in total. The number of anilines is 1. The Balaban J connectivity index is 1.61. The average molecular weight is 434 g/mol. The van der Waals surface area contributed by atoms with Crippen molar-refractivity contribution in [3.63, 3.8) is 0 Å². The van der Waals surface area contributed by atoms with E-state index in [0.29, 0.717) is 17.1 Å². The van der Waals surface area contributed by atoms with Crippen molar-refractivity contribution in [3.8, 4) is 5.75 Å². The van der Waals surface area contributed by atoms with Gasteiger partial charge in [-0.1, -0.05) is 23.4 Å². The van der Waals surface area contributed by atoms with Crippen LogP contribution >= 0.6 is 0 Å². The molecule has 7 nitrogen and oxygen atoms in total. The molecule has 1 aliphatic rings. The lowest BCUT2D eigenvalue weighted by atomic mass is 10.1. The topological polar surface area (TPSA) is 73.4 Å². The third kappa shape index (κ3) is 3.77. The Morgan fingerprint density at radius 3 is 2.61 bits per heavy atom. The van der Waals surface area contributed by atoms with Crippen molar-refractivity contribution in [2.75, 3.05) is 11.4 Å². The molecule has 0 aliphatic carbocycles. The number of hydrogen-bond donors (Lipinski definition) is 0. The van der Waals surface area contributed by atoms with Crippen molar-refractivity contribution in [2.45, 2.75) is 46.0 Å². The fourth-order valence-corrected chi connectivity index (χ4v) is 3.79.